The number of nitrogens with one attached hydrogen (secondary N) is 1. The van der Waals surface area contributed by atoms with Gasteiger partial charge in [0.2, 0.25) is 5.56 Å². The Morgan fingerprint density at radius 3 is 2.69 bits per heavy atom. The molecule has 2 heterocycles. The average Bonchev–Trinajstić information content (AvgIpc) is 2.61. The second kappa shape index (κ2) is 7.15. The third kappa shape index (κ3) is 3.54. The van der Waals surface area contributed by atoms with E-state index < -0.39 is 5.97 Å². The first kappa shape index (κ1) is 17.9. The highest BCUT2D eigenvalue weighted by molar-refractivity contribution is 5.96. The van der Waals surface area contributed by atoms with Crippen LogP contribution >= 0.6 is 0 Å². The van der Waals surface area contributed by atoms with Crippen LogP contribution in [0.5, 0.6) is 0 Å². The molecular formula is C20H22N2O4. The Morgan fingerprint density at radius 2 is 2.00 bits per heavy atom. The van der Waals surface area contributed by atoms with Crippen molar-refractivity contribution in [3.8, 4) is 0 Å². The predicted molar refractivity (Wildman–Crippen MR) is 97.8 cm³/mol. The zero-order valence-electron chi connectivity index (χ0n) is 14.9. The first-order valence-corrected chi connectivity index (χ1v) is 8.70. The van der Waals surface area contributed by atoms with Gasteiger partial charge < -0.3 is 15.0 Å². The summed E-state index contributed by atoms with van der Waals surface area (Å²) in [6.07, 6.45) is 1.77. The largest absolute Gasteiger partial charge is 0.478 e. The van der Waals surface area contributed by atoms with Crippen molar-refractivity contribution in [2.75, 3.05) is 13.1 Å². The molecule has 1 aromatic heterocycles. The van der Waals surface area contributed by atoms with Gasteiger partial charge in [-0.3, -0.25) is 9.59 Å². The standard InChI is InChI=1S/C20H22N2O4/c1-12-9-17(23)21-13(2)18(12)19(24)22-8-4-7-16(11-22)14-5-3-6-15(10-14)20(25)26/h3,5-6,9-10,16H,4,7-8,11H2,1-2H3,(H,21,23)(H,25,26)/t16-/m1/s1. The van der Waals surface area contributed by atoms with Gasteiger partial charge in [-0.2, -0.15) is 0 Å². The molecule has 0 saturated carbocycles. The van der Waals surface area contributed by atoms with Gasteiger partial charge >= 0.3 is 5.97 Å². The first-order valence-electron chi connectivity index (χ1n) is 8.70. The highest BCUT2D eigenvalue weighted by Gasteiger charge is 2.27. The van der Waals surface area contributed by atoms with Crippen molar-refractivity contribution in [2.24, 2.45) is 0 Å². The van der Waals surface area contributed by atoms with Crippen molar-refractivity contribution in [3.63, 3.8) is 0 Å². The highest BCUT2D eigenvalue weighted by Crippen LogP contribution is 2.29. The number of likely N-dealkylation sites (tertiary alicyclic amines) is 1. The highest BCUT2D eigenvalue weighted by atomic mass is 16.4. The Kier molecular flexibility index (Phi) is 4.93. The molecule has 6 nitrogen and oxygen atoms in total. The predicted octanol–water partition coefficient (Wildman–Crippen LogP) is 2.71. The number of benzene rings is 1. The van der Waals surface area contributed by atoms with Gasteiger partial charge in [0.15, 0.2) is 0 Å². The minimum absolute atomic E-state index is 0.0876. The molecule has 136 valence electrons. The summed E-state index contributed by atoms with van der Waals surface area (Å²) in [4.78, 5) is 40.3. The maximum Gasteiger partial charge on any atom is 0.335 e. The summed E-state index contributed by atoms with van der Waals surface area (Å²) in [6.45, 7) is 4.71. The second-order valence-corrected chi connectivity index (χ2v) is 6.84. The van der Waals surface area contributed by atoms with Crippen LogP contribution < -0.4 is 5.56 Å². The van der Waals surface area contributed by atoms with E-state index in [0.717, 1.165) is 18.4 Å². The zero-order chi connectivity index (χ0) is 18.8. The average molecular weight is 354 g/mol. The van der Waals surface area contributed by atoms with Crippen molar-refractivity contribution < 1.29 is 14.7 Å². The van der Waals surface area contributed by atoms with Crippen molar-refractivity contribution in [3.05, 3.63) is 68.6 Å². The fourth-order valence-corrected chi connectivity index (χ4v) is 3.69. The molecule has 0 aliphatic carbocycles. The molecule has 1 amide bonds. The van der Waals surface area contributed by atoms with Gasteiger partial charge in [-0.1, -0.05) is 12.1 Å². The summed E-state index contributed by atoms with van der Waals surface area (Å²) < 4.78 is 0. The molecule has 3 rings (SSSR count). The number of piperidine rings is 1. The summed E-state index contributed by atoms with van der Waals surface area (Å²) in [5.74, 6) is -0.930. The number of H-pyrrole nitrogens is 1. The Morgan fingerprint density at radius 1 is 1.23 bits per heavy atom. The van der Waals surface area contributed by atoms with Crippen LogP contribution in [0.2, 0.25) is 0 Å². The lowest BCUT2D eigenvalue weighted by atomic mass is 9.89. The number of aromatic amines is 1. The van der Waals surface area contributed by atoms with E-state index in [9.17, 15) is 19.5 Å². The quantitative estimate of drug-likeness (QED) is 0.887. The molecule has 26 heavy (non-hydrogen) atoms. The van der Waals surface area contributed by atoms with Crippen LogP contribution in [0.15, 0.2) is 35.1 Å². The Bertz CT molecular complexity index is 890. The minimum atomic E-state index is -0.949. The zero-order valence-corrected chi connectivity index (χ0v) is 14.9. The number of carboxylic acids is 1. The van der Waals surface area contributed by atoms with Crippen LogP contribution in [0, 0.1) is 13.8 Å². The van der Waals surface area contributed by atoms with Crippen LogP contribution in [0.1, 0.15) is 56.3 Å². The summed E-state index contributed by atoms with van der Waals surface area (Å²) in [5, 5.41) is 9.19. The van der Waals surface area contributed by atoms with E-state index in [4.69, 9.17) is 0 Å². The van der Waals surface area contributed by atoms with E-state index in [2.05, 4.69) is 4.98 Å². The smallest absolute Gasteiger partial charge is 0.335 e. The van der Waals surface area contributed by atoms with E-state index in [1.54, 1.807) is 36.9 Å². The van der Waals surface area contributed by atoms with Gasteiger partial charge in [0.1, 0.15) is 0 Å². The molecule has 6 heteroatoms. The van der Waals surface area contributed by atoms with E-state index in [1.807, 2.05) is 6.07 Å². The van der Waals surface area contributed by atoms with Crippen LogP contribution in [-0.2, 0) is 0 Å². The molecule has 1 aliphatic rings. The maximum atomic E-state index is 13.0. The fraction of sp³-hybridized carbons (Fsp3) is 0.350. The third-order valence-electron chi connectivity index (χ3n) is 4.96. The number of aromatic nitrogens is 1. The van der Waals surface area contributed by atoms with Gasteiger partial charge in [0, 0.05) is 30.8 Å². The second-order valence-electron chi connectivity index (χ2n) is 6.84. The van der Waals surface area contributed by atoms with Crippen molar-refractivity contribution >= 4 is 11.9 Å². The number of carbonyl (C=O) groups excluding carboxylic acids is 1. The molecular weight excluding hydrogens is 332 g/mol. The number of pyridine rings is 1. The van der Waals surface area contributed by atoms with Crippen molar-refractivity contribution in [1.82, 2.24) is 9.88 Å². The van der Waals surface area contributed by atoms with Gasteiger partial charge in [-0.05, 0) is 49.9 Å². The summed E-state index contributed by atoms with van der Waals surface area (Å²) in [6, 6.07) is 8.37. The topological polar surface area (TPSA) is 90.5 Å². The first-order chi connectivity index (χ1) is 12.4. The number of nitrogens with zero attached hydrogens (tertiary/aromatic N) is 1. The fourth-order valence-electron chi connectivity index (χ4n) is 3.69. The number of rotatable bonds is 3. The van der Waals surface area contributed by atoms with E-state index in [-0.39, 0.29) is 22.9 Å². The van der Waals surface area contributed by atoms with Crippen LogP contribution in [-0.4, -0.2) is 40.0 Å². The number of carbonyl (C=O) groups is 2. The number of carboxylic acid groups (broad SMARTS) is 1. The molecule has 2 N–H and O–H groups in total. The molecule has 0 spiro atoms. The lowest BCUT2D eigenvalue weighted by Crippen LogP contribution is -2.40. The van der Waals surface area contributed by atoms with Gasteiger partial charge in [0.05, 0.1) is 11.1 Å². The van der Waals surface area contributed by atoms with Gasteiger partial charge in [0.25, 0.3) is 5.91 Å². The minimum Gasteiger partial charge on any atom is -0.478 e. The summed E-state index contributed by atoms with van der Waals surface area (Å²) in [7, 11) is 0. The molecule has 0 unspecified atom stereocenters. The molecule has 1 saturated heterocycles. The lowest BCUT2D eigenvalue weighted by molar-refractivity contribution is 0.0687. The van der Waals surface area contributed by atoms with Crippen molar-refractivity contribution in [1.29, 1.82) is 0 Å². The van der Waals surface area contributed by atoms with Crippen LogP contribution in [0.4, 0.5) is 0 Å². The van der Waals surface area contributed by atoms with Crippen LogP contribution in [0.3, 0.4) is 0 Å². The Labute approximate surface area is 151 Å². The molecule has 0 bridgehead atoms. The normalized spacial score (nSPS) is 17.2. The number of hydrogen-bond donors (Lipinski definition) is 2. The summed E-state index contributed by atoms with van der Waals surface area (Å²) >= 11 is 0. The molecule has 1 aromatic carbocycles. The van der Waals surface area contributed by atoms with E-state index >= 15 is 0 Å². The molecule has 1 atom stereocenters. The lowest BCUT2D eigenvalue weighted by Gasteiger charge is -2.33. The molecule has 1 fully saturated rings. The van der Waals surface area contributed by atoms with E-state index in [0.29, 0.717) is 29.9 Å². The van der Waals surface area contributed by atoms with Gasteiger partial charge in [-0.15, -0.1) is 0 Å². The Balaban J connectivity index is 1.85. The van der Waals surface area contributed by atoms with Crippen LogP contribution in [0.25, 0.3) is 0 Å². The Hall–Kier alpha value is -2.89. The van der Waals surface area contributed by atoms with Gasteiger partial charge in [-0.25, -0.2) is 4.79 Å². The van der Waals surface area contributed by atoms with Crippen molar-refractivity contribution in [2.45, 2.75) is 32.6 Å². The number of amides is 1. The third-order valence-corrected chi connectivity index (χ3v) is 4.96. The van der Waals surface area contributed by atoms with E-state index in [1.165, 1.54) is 6.07 Å². The summed E-state index contributed by atoms with van der Waals surface area (Å²) in [5.41, 5.74) is 2.79. The molecule has 2 aromatic rings. The number of aryl methyl sites for hydroxylation is 2. The maximum absolute atomic E-state index is 13.0. The molecule has 1 aliphatic heterocycles. The number of aromatic carboxylic acids is 1. The SMILES string of the molecule is Cc1cc(=O)[nH]c(C)c1C(=O)N1CCC[C@@H](c2cccc(C(=O)O)c2)C1. The molecule has 0 radical (unpaired) electrons. The number of hydrogen-bond acceptors (Lipinski definition) is 3. The monoisotopic (exact) mass is 354 g/mol.